The minimum absolute atomic E-state index is 0.537. The highest BCUT2D eigenvalue weighted by molar-refractivity contribution is 5.95. The Bertz CT molecular complexity index is 365. The molecule has 15 heavy (non-hydrogen) atoms. The van der Waals surface area contributed by atoms with Gasteiger partial charge in [-0.3, -0.25) is 9.89 Å². The fraction of sp³-hybridized carbons (Fsp3) is 0.615. The summed E-state index contributed by atoms with van der Waals surface area (Å²) in [6, 6.07) is 0.537. The molecule has 3 aliphatic rings. The standard InChI is InChI=1S/C13H18N2/c1-9-13-11(7-8-15(9)2)10-5-3-4-6-12(10)14-13/h3-4,6,9-11H,5,7-8H2,1-2H3. The smallest absolute Gasteiger partial charge is 0.0453 e. The fourth-order valence-corrected chi connectivity index (χ4v) is 3.08. The van der Waals surface area contributed by atoms with Gasteiger partial charge in [0.05, 0.1) is 0 Å². The summed E-state index contributed by atoms with van der Waals surface area (Å²) in [4.78, 5) is 7.27. The van der Waals surface area contributed by atoms with Crippen molar-refractivity contribution in [3.63, 3.8) is 0 Å². The zero-order chi connectivity index (χ0) is 10.4. The van der Waals surface area contributed by atoms with Crippen molar-refractivity contribution in [2.24, 2.45) is 16.8 Å². The number of likely N-dealkylation sites (tertiary alicyclic amines) is 1. The Morgan fingerprint density at radius 1 is 1.40 bits per heavy atom. The highest BCUT2D eigenvalue weighted by Crippen LogP contribution is 2.41. The molecule has 0 bridgehead atoms. The highest BCUT2D eigenvalue weighted by Gasteiger charge is 2.40. The summed E-state index contributed by atoms with van der Waals surface area (Å²) >= 11 is 0. The van der Waals surface area contributed by atoms with Crippen molar-refractivity contribution < 1.29 is 0 Å². The van der Waals surface area contributed by atoms with Crippen molar-refractivity contribution in [2.75, 3.05) is 13.6 Å². The molecule has 1 fully saturated rings. The molecule has 0 saturated carbocycles. The minimum Gasteiger partial charge on any atom is -0.298 e. The van der Waals surface area contributed by atoms with E-state index in [2.05, 4.69) is 37.1 Å². The monoisotopic (exact) mass is 202 g/mol. The average Bonchev–Trinajstić information content (AvgIpc) is 2.63. The van der Waals surface area contributed by atoms with E-state index in [-0.39, 0.29) is 0 Å². The van der Waals surface area contributed by atoms with Gasteiger partial charge in [-0.05, 0) is 39.4 Å². The molecule has 2 nitrogen and oxygen atoms in total. The molecule has 0 spiro atoms. The molecule has 1 aliphatic carbocycles. The molecule has 3 atom stereocenters. The van der Waals surface area contributed by atoms with Gasteiger partial charge in [-0.25, -0.2) is 0 Å². The van der Waals surface area contributed by atoms with Crippen LogP contribution in [0.4, 0.5) is 0 Å². The first-order valence-electron chi connectivity index (χ1n) is 5.93. The molecule has 2 aliphatic heterocycles. The van der Waals surface area contributed by atoms with Gasteiger partial charge in [0.1, 0.15) is 0 Å². The van der Waals surface area contributed by atoms with Crippen LogP contribution in [0.1, 0.15) is 19.8 Å². The number of piperidine rings is 1. The summed E-state index contributed by atoms with van der Waals surface area (Å²) in [6.45, 7) is 3.51. The van der Waals surface area contributed by atoms with E-state index in [9.17, 15) is 0 Å². The Hall–Kier alpha value is -0.890. The van der Waals surface area contributed by atoms with Crippen LogP contribution in [0.25, 0.3) is 0 Å². The second-order valence-electron chi connectivity index (χ2n) is 4.95. The fourth-order valence-electron chi connectivity index (χ4n) is 3.08. The Morgan fingerprint density at radius 2 is 2.27 bits per heavy atom. The summed E-state index contributed by atoms with van der Waals surface area (Å²) in [5.74, 6) is 1.42. The van der Waals surface area contributed by atoms with Gasteiger partial charge in [-0.15, -0.1) is 0 Å². The molecular weight excluding hydrogens is 184 g/mol. The summed E-state index contributed by atoms with van der Waals surface area (Å²) in [5, 5.41) is 0. The van der Waals surface area contributed by atoms with Gasteiger partial charge in [-0.1, -0.05) is 12.2 Å². The maximum atomic E-state index is 4.85. The maximum absolute atomic E-state index is 4.85. The molecule has 0 aromatic heterocycles. The SMILES string of the molecule is CC1C2=NC3=CC=CCC3C2CCN1C. The number of hydrogen-bond donors (Lipinski definition) is 0. The Morgan fingerprint density at radius 3 is 3.13 bits per heavy atom. The van der Waals surface area contributed by atoms with Gasteiger partial charge in [0.15, 0.2) is 0 Å². The summed E-state index contributed by atoms with van der Waals surface area (Å²) in [6.07, 6.45) is 9.12. The van der Waals surface area contributed by atoms with Crippen molar-refractivity contribution >= 4 is 5.71 Å². The third-order valence-electron chi connectivity index (χ3n) is 4.18. The summed E-state index contributed by atoms with van der Waals surface area (Å²) in [5.41, 5.74) is 2.77. The second kappa shape index (κ2) is 3.31. The molecular formula is C13H18N2. The minimum atomic E-state index is 0.537. The number of hydrogen-bond acceptors (Lipinski definition) is 2. The van der Waals surface area contributed by atoms with E-state index >= 15 is 0 Å². The Kier molecular flexibility index (Phi) is 2.06. The van der Waals surface area contributed by atoms with E-state index in [0.29, 0.717) is 12.0 Å². The van der Waals surface area contributed by atoms with Crippen molar-refractivity contribution in [1.82, 2.24) is 4.90 Å². The lowest BCUT2D eigenvalue weighted by molar-refractivity contribution is 0.247. The van der Waals surface area contributed by atoms with Gasteiger partial charge in [0.25, 0.3) is 0 Å². The van der Waals surface area contributed by atoms with Crippen LogP contribution >= 0.6 is 0 Å². The van der Waals surface area contributed by atoms with Crippen LogP contribution in [-0.4, -0.2) is 30.2 Å². The molecule has 0 aromatic carbocycles. The molecule has 80 valence electrons. The van der Waals surface area contributed by atoms with Gasteiger partial charge < -0.3 is 0 Å². The van der Waals surface area contributed by atoms with Crippen LogP contribution in [0.3, 0.4) is 0 Å². The lowest BCUT2D eigenvalue weighted by Gasteiger charge is -2.36. The van der Waals surface area contributed by atoms with Gasteiger partial charge in [-0.2, -0.15) is 0 Å². The van der Waals surface area contributed by atoms with Crippen molar-refractivity contribution in [1.29, 1.82) is 0 Å². The normalized spacial score (nSPS) is 39.5. The first-order chi connectivity index (χ1) is 7.27. The molecule has 0 N–H and O–H groups in total. The quantitative estimate of drug-likeness (QED) is 0.588. The summed E-state index contributed by atoms with van der Waals surface area (Å²) < 4.78 is 0. The molecule has 0 amide bonds. The zero-order valence-corrected chi connectivity index (χ0v) is 9.48. The van der Waals surface area contributed by atoms with E-state index in [1.165, 1.54) is 30.8 Å². The topological polar surface area (TPSA) is 15.6 Å². The van der Waals surface area contributed by atoms with Crippen LogP contribution in [0.2, 0.25) is 0 Å². The second-order valence-corrected chi connectivity index (χ2v) is 4.95. The molecule has 3 rings (SSSR count). The lowest BCUT2D eigenvalue weighted by Crippen LogP contribution is -2.45. The largest absolute Gasteiger partial charge is 0.298 e. The number of fused-ring (bicyclic) bond motifs is 3. The predicted molar refractivity (Wildman–Crippen MR) is 63.0 cm³/mol. The van der Waals surface area contributed by atoms with Crippen LogP contribution < -0.4 is 0 Å². The van der Waals surface area contributed by atoms with E-state index in [1.54, 1.807) is 0 Å². The van der Waals surface area contributed by atoms with Crippen LogP contribution in [0.5, 0.6) is 0 Å². The molecule has 1 saturated heterocycles. The van der Waals surface area contributed by atoms with E-state index < -0.39 is 0 Å². The first kappa shape index (κ1) is 9.34. The lowest BCUT2D eigenvalue weighted by atomic mass is 9.79. The highest BCUT2D eigenvalue weighted by atomic mass is 15.2. The van der Waals surface area contributed by atoms with Crippen molar-refractivity contribution in [3.8, 4) is 0 Å². The van der Waals surface area contributed by atoms with Crippen LogP contribution in [0.15, 0.2) is 28.9 Å². The molecule has 0 radical (unpaired) electrons. The third-order valence-corrected chi connectivity index (χ3v) is 4.18. The van der Waals surface area contributed by atoms with Crippen molar-refractivity contribution in [2.45, 2.75) is 25.8 Å². The Labute approximate surface area is 91.4 Å². The average molecular weight is 202 g/mol. The first-order valence-corrected chi connectivity index (χ1v) is 5.93. The van der Waals surface area contributed by atoms with Crippen molar-refractivity contribution in [3.05, 3.63) is 23.9 Å². The number of rotatable bonds is 0. The van der Waals surface area contributed by atoms with E-state index in [1.807, 2.05) is 0 Å². The van der Waals surface area contributed by atoms with Crippen LogP contribution in [-0.2, 0) is 0 Å². The van der Waals surface area contributed by atoms with E-state index in [4.69, 9.17) is 4.99 Å². The zero-order valence-electron chi connectivity index (χ0n) is 9.48. The molecule has 2 heteroatoms. The van der Waals surface area contributed by atoms with Gasteiger partial charge >= 0.3 is 0 Å². The predicted octanol–water partition coefficient (Wildman–Crippen LogP) is 2.24. The van der Waals surface area contributed by atoms with E-state index in [0.717, 1.165) is 5.92 Å². The molecule has 3 unspecified atom stereocenters. The third kappa shape index (κ3) is 1.31. The molecule has 0 aromatic rings. The maximum Gasteiger partial charge on any atom is 0.0453 e. The van der Waals surface area contributed by atoms with Gasteiger partial charge in [0, 0.05) is 29.3 Å². The van der Waals surface area contributed by atoms with Crippen LogP contribution in [0, 0.1) is 11.8 Å². The molecule has 2 heterocycles. The number of aliphatic imine (C=N–C) groups is 1. The number of allylic oxidation sites excluding steroid dienone is 4. The Balaban J connectivity index is 1.96. The van der Waals surface area contributed by atoms with Gasteiger partial charge in [0.2, 0.25) is 0 Å². The summed E-state index contributed by atoms with van der Waals surface area (Å²) in [7, 11) is 2.21. The number of nitrogens with zero attached hydrogens (tertiary/aromatic N) is 2.